The monoisotopic (exact) mass is 654 g/mol. The number of amides is 1. The lowest BCUT2D eigenvalue weighted by Gasteiger charge is -2.43. The molecule has 6 atom stereocenters. The number of carbonyl (C=O) groups excluding carboxylic acids is 1. The van der Waals surface area contributed by atoms with Gasteiger partial charge in [0.05, 0.1) is 25.2 Å². The van der Waals surface area contributed by atoms with Gasteiger partial charge in [-0.15, -0.1) is 0 Å². The van der Waals surface area contributed by atoms with Crippen molar-refractivity contribution in [2.45, 2.75) is 97.5 Å². The van der Waals surface area contributed by atoms with Crippen molar-refractivity contribution in [2.24, 2.45) is 16.7 Å². The molecule has 8 heteroatoms. The van der Waals surface area contributed by atoms with Gasteiger partial charge in [-0.3, -0.25) is 14.5 Å². The van der Waals surface area contributed by atoms with Crippen LogP contribution in [0.5, 0.6) is 0 Å². The molecule has 1 saturated carbocycles. The van der Waals surface area contributed by atoms with Crippen LogP contribution in [0.25, 0.3) is 11.1 Å². The fourth-order valence-electron chi connectivity index (χ4n) is 8.58. The van der Waals surface area contributed by atoms with Gasteiger partial charge in [-0.1, -0.05) is 88.4 Å². The van der Waals surface area contributed by atoms with Gasteiger partial charge in [0.2, 0.25) is 5.91 Å². The van der Waals surface area contributed by atoms with Gasteiger partial charge in [0, 0.05) is 43.6 Å². The molecule has 2 aliphatic heterocycles. The van der Waals surface area contributed by atoms with Crippen LogP contribution in [0, 0.1) is 16.7 Å². The van der Waals surface area contributed by atoms with E-state index < -0.39 is 12.3 Å². The molecule has 48 heavy (non-hydrogen) atoms. The smallest absolute Gasteiger partial charge is 0.303 e. The van der Waals surface area contributed by atoms with Crippen molar-refractivity contribution >= 4 is 11.9 Å². The highest BCUT2D eigenvalue weighted by Gasteiger charge is 2.51. The molecule has 0 spiro atoms. The molecule has 0 radical (unpaired) electrons. The molecule has 1 aliphatic carbocycles. The first-order valence-corrected chi connectivity index (χ1v) is 17.3. The number of aliphatic hydroxyl groups is 1. The highest BCUT2D eigenvalue weighted by molar-refractivity contribution is 5.80. The number of aliphatic carboxylic acids is 1. The van der Waals surface area contributed by atoms with Crippen LogP contribution in [-0.4, -0.2) is 52.2 Å². The zero-order chi connectivity index (χ0) is 34.1. The van der Waals surface area contributed by atoms with Crippen LogP contribution in [0.3, 0.4) is 0 Å². The van der Waals surface area contributed by atoms with Crippen molar-refractivity contribution < 1.29 is 29.3 Å². The largest absolute Gasteiger partial charge is 0.481 e. The van der Waals surface area contributed by atoms with Crippen LogP contribution >= 0.6 is 0 Å². The van der Waals surface area contributed by atoms with Crippen molar-refractivity contribution in [2.75, 3.05) is 13.1 Å². The third-order valence-electron chi connectivity index (χ3n) is 10.5. The Labute approximate surface area is 284 Å². The van der Waals surface area contributed by atoms with Crippen molar-refractivity contribution in [3.8, 4) is 11.1 Å². The van der Waals surface area contributed by atoms with Crippen molar-refractivity contribution in [3.63, 3.8) is 0 Å². The van der Waals surface area contributed by atoms with Gasteiger partial charge in [0.1, 0.15) is 0 Å². The third kappa shape index (κ3) is 8.00. The van der Waals surface area contributed by atoms with E-state index in [1.807, 2.05) is 42.5 Å². The summed E-state index contributed by atoms with van der Waals surface area (Å²) in [4.78, 5) is 25.6. The Balaban J connectivity index is 1.23. The Morgan fingerprint density at radius 3 is 2.35 bits per heavy atom. The molecule has 256 valence electrons. The molecule has 2 saturated heterocycles. The summed E-state index contributed by atoms with van der Waals surface area (Å²) in [6.45, 7) is 11.8. The second-order valence-electron chi connectivity index (χ2n) is 15.5. The predicted octanol–water partition coefficient (Wildman–Crippen LogP) is 7.02. The lowest BCUT2D eigenvalue weighted by atomic mass is 9.65. The number of carboxylic acid groups (broad SMARTS) is 1. The number of hydrogen-bond acceptors (Lipinski definition) is 6. The molecule has 1 amide bonds. The van der Waals surface area contributed by atoms with Crippen molar-refractivity contribution in [1.29, 1.82) is 0 Å². The average Bonchev–Trinajstić information content (AvgIpc) is 3.30. The van der Waals surface area contributed by atoms with E-state index in [0.717, 1.165) is 46.5 Å². The first-order chi connectivity index (χ1) is 22.9. The van der Waals surface area contributed by atoms with Crippen LogP contribution in [0.2, 0.25) is 0 Å². The van der Waals surface area contributed by atoms with E-state index in [1.165, 1.54) is 19.3 Å². The zero-order valence-corrected chi connectivity index (χ0v) is 28.7. The molecular formula is C40H50N2O6. The standard InChI is InChI=1S/C40H50N2O6/c1-26-34(22-42-25-40(4)20-33(42)19-39(2,3)24-40)47-38(48-37(26)29-13-11-27(23-43)12-14-29)32-10-6-9-31(18-32)30-8-5-7-28(17-30)21-41-35(44)15-16-36(45)46/h5-14,17-18,26,33-34,37-38,43H,15-16,19-25H2,1-4H3,(H,41,44)(H,45,46)/t26-,33?,34+,37+,38+,40?/m0/s1. The average molecular weight is 655 g/mol. The van der Waals surface area contributed by atoms with E-state index in [0.29, 0.717) is 23.4 Å². The topological polar surface area (TPSA) is 108 Å². The maximum absolute atomic E-state index is 12.1. The summed E-state index contributed by atoms with van der Waals surface area (Å²) in [5.74, 6) is -1.15. The van der Waals surface area contributed by atoms with E-state index in [1.54, 1.807) is 0 Å². The number of aliphatic hydroxyl groups excluding tert-OH is 1. The number of nitrogens with one attached hydrogen (secondary N) is 1. The maximum Gasteiger partial charge on any atom is 0.303 e. The second-order valence-corrected chi connectivity index (χ2v) is 15.5. The first kappa shape index (κ1) is 34.3. The summed E-state index contributed by atoms with van der Waals surface area (Å²) in [5, 5.41) is 21.3. The Morgan fingerprint density at radius 2 is 1.62 bits per heavy atom. The Morgan fingerprint density at radius 1 is 0.896 bits per heavy atom. The van der Waals surface area contributed by atoms with Crippen molar-refractivity contribution in [3.05, 3.63) is 95.1 Å². The van der Waals surface area contributed by atoms with E-state index in [9.17, 15) is 14.7 Å². The molecule has 8 nitrogen and oxygen atoms in total. The number of nitrogens with zero attached hydrogens (tertiary/aromatic N) is 1. The van der Waals surface area contributed by atoms with Gasteiger partial charge in [0.15, 0.2) is 6.29 Å². The lowest BCUT2D eigenvalue weighted by molar-refractivity contribution is -0.276. The van der Waals surface area contributed by atoms with Crippen LogP contribution in [0.1, 0.15) is 94.4 Å². The summed E-state index contributed by atoms with van der Waals surface area (Å²) in [6.07, 6.45) is 2.72. The van der Waals surface area contributed by atoms with Gasteiger partial charge >= 0.3 is 5.97 Å². The molecule has 6 rings (SSSR count). The summed E-state index contributed by atoms with van der Waals surface area (Å²) >= 11 is 0. The fraction of sp³-hybridized carbons (Fsp3) is 0.500. The molecule has 3 aliphatic rings. The van der Waals surface area contributed by atoms with Gasteiger partial charge in [0.25, 0.3) is 0 Å². The highest BCUT2D eigenvalue weighted by Crippen LogP contribution is 2.53. The molecule has 2 unspecified atom stereocenters. The van der Waals surface area contributed by atoms with E-state index in [2.05, 4.69) is 68.2 Å². The number of carboxylic acids is 1. The first-order valence-electron chi connectivity index (χ1n) is 17.3. The van der Waals surface area contributed by atoms with Crippen molar-refractivity contribution in [1.82, 2.24) is 10.2 Å². The number of hydrogen-bond donors (Lipinski definition) is 3. The molecular weight excluding hydrogens is 604 g/mol. The quantitative estimate of drug-likeness (QED) is 0.204. The number of fused-ring (bicyclic) bond motifs is 2. The molecule has 2 bridgehead atoms. The van der Waals surface area contributed by atoms with Gasteiger partial charge < -0.3 is 25.0 Å². The third-order valence-corrected chi connectivity index (χ3v) is 10.5. The van der Waals surface area contributed by atoms with E-state index >= 15 is 0 Å². The van der Waals surface area contributed by atoms with E-state index in [4.69, 9.17) is 14.6 Å². The summed E-state index contributed by atoms with van der Waals surface area (Å²) in [7, 11) is 0. The number of benzene rings is 3. The minimum atomic E-state index is -0.985. The van der Waals surface area contributed by atoms with Gasteiger partial charge in [-0.25, -0.2) is 0 Å². The Hall–Kier alpha value is -3.56. The fourth-order valence-corrected chi connectivity index (χ4v) is 8.58. The van der Waals surface area contributed by atoms with Crippen LogP contribution < -0.4 is 5.32 Å². The van der Waals surface area contributed by atoms with Crippen LogP contribution in [-0.2, 0) is 32.2 Å². The minimum Gasteiger partial charge on any atom is -0.481 e. The Bertz CT molecular complexity index is 1610. The normalized spacial score (nSPS) is 28.2. The maximum atomic E-state index is 12.1. The van der Waals surface area contributed by atoms with Gasteiger partial charge in [-0.2, -0.15) is 0 Å². The summed E-state index contributed by atoms with van der Waals surface area (Å²) < 4.78 is 13.7. The molecule has 3 aromatic carbocycles. The van der Waals surface area contributed by atoms with Crippen LogP contribution in [0.4, 0.5) is 0 Å². The number of ether oxygens (including phenoxy) is 2. The van der Waals surface area contributed by atoms with E-state index in [-0.39, 0.29) is 43.5 Å². The molecule has 3 fully saturated rings. The second kappa shape index (κ2) is 14.1. The Kier molecular flexibility index (Phi) is 10.1. The summed E-state index contributed by atoms with van der Waals surface area (Å²) in [6, 6.07) is 24.9. The lowest BCUT2D eigenvalue weighted by Crippen LogP contribution is -2.46. The summed E-state index contributed by atoms with van der Waals surface area (Å²) in [5.41, 5.74) is 6.54. The molecule has 3 aromatic rings. The molecule has 3 N–H and O–H groups in total. The zero-order valence-electron chi connectivity index (χ0n) is 28.7. The highest BCUT2D eigenvalue weighted by atomic mass is 16.7. The number of carbonyl (C=O) groups is 2. The number of rotatable bonds is 11. The molecule has 2 heterocycles. The number of likely N-dealkylation sites (tertiary alicyclic amines) is 1. The van der Waals surface area contributed by atoms with Gasteiger partial charge in [-0.05, 0) is 70.0 Å². The SMILES string of the molecule is C[C@H]1[C@@H](CN2CC3(C)CC2CC(C)(C)C3)O[C@@H](c2cccc(-c3cccc(CNC(=O)CCC(=O)O)c3)c2)O[C@H]1c1ccc(CO)cc1. The predicted molar refractivity (Wildman–Crippen MR) is 185 cm³/mol. The van der Waals surface area contributed by atoms with Crippen LogP contribution in [0.15, 0.2) is 72.8 Å². The minimum absolute atomic E-state index is 0.00622. The molecule has 0 aromatic heterocycles.